The Morgan fingerprint density at radius 3 is 1.26 bits per heavy atom. The Morgan fingerprint density at radius 2 is 0.913 bits per heavy atom. The van der Waals surface area contributed by atoms with Crippen LogP contribution in [0.25, 0.3) is 0 Å². The number of hydrogen-bond donors (Lipinski definition) is 2. The molecular weight excluding hydrogens is 312 g/mol. The van der Waals surface area contributed by atoms with Gasteiger partial charge in [-0.15, -0.1) is 12.4 Å². The van der Waals surface area contributed by atoms with Crippen molar-refractivity contribution < 1.29 is 9.47 Å². The molecule has 0 saturated heterocycles. The summed E-state index contributed by atoms with van der Waals surface area (Å²) in [6.45, 7) is 1.48. The number of unbranched alkanes of at least 4 members (excludes halogenated alkanes) is 3. The normalized spacial score (nSPS) is 9.91. The summed E-state index contributed by atoms with van der Waals surface area (Å²) in [5.74, 6) is 1.75. The van der Waals surface area contributed by atoms with Gasteiger partial charge in [0.2, 0.25) is 0 Å². The fourth-order valence-corrected chi connectivity index (χ4v) is 2.07. The van der Waals surface area contributed by atoms with Gasteiger partial charge in [0.15, 0.2) is 0 Å². The summed E-state index contributed by atoms with van der Waals surface area (Å²) in [6, 6.07) is 15.0. The number of nitrogen functional groups attached to an aromatic ring is 2. The number of ether oxygens (including phenoxy) is 2. The van der Waals surface area contributed by atoms with Gasteiger partial charge in [-0.25, -0.2) is 0 Å². The molecule has 0 aliphatic heterocycles. The van der Waals surface area contributed by atoms with Crippen LogP contribution in [0, 0.1) is 0 Å². The standard InChI is InChI=1S/C18H24N2O2.ClH/c19-15-5-9-17(10-6-15)21-13-3-1-2-4-14-22-18-11-7-16(20)8-12-18;/h5-12H,1-4,13-14,19-20H2;1H. The second kappa shape index (κ2) is 10.6. The molecule has 2 aromatic rings. The minimum Gasteiger partial charge on any atom is -0.494 e. The van der Waals surface area contributed by atoms with Crippen molar-refractivity contribution in [2.24, 2.45) is 0 Å². The van der Waals surface area contributed by atoms with E-state index in [4.69, 9.17) is 20.9 Å². The molecule has 2 rings (SSSR count). The lowest BCUT2D eigenvalue weighted by molar-refractivity contribution is 0.287. The number of halogens is 1. The lowest BCUT2D eigenvalue weighted by Crippen LogP contribution is -2.00. The monoisotopic (exact) mass is 336 g/mol. The highest BCUT2D eigenvalue weighted by Gasteiger charge is 1.96. The van der Waals surface area contributed by atoms with Gasteiger partial charge < -0.3 is 20.9 Å². The van der Waals surface area contributed by atoms with E-state index in [9.17, 15) is 0 Å². The Kier molecular flexibility index (Phi) is 8.76. The Hall–Kier alpha value is -2.07. The van der Waals surface area contributed by atoms with Gasteiger partial charge >= 0.3 is 0 Å². The number of rotatable bonds is 9. The van der Waals surface area contributed by atoms with E-state index in [1.807, 2.05) is 48.5 Å². The molecule has 0 unspecified atom stereocenters. The summed E-state index contributed by atoms with van der Waals surface area (Å²) in [6.07, 6.45) is 4.37. The molecule has 0 spiro atoms. The van der Waals surface area contributed by atoms with Gasteiger partial charge in [-0.1, -0.05) is 0 Å². The first-order chi connectivity index (χ1) is 10.7. The smallest absolute Gasteiger partial charge is 0.119 e. The second-order valence-corrected chi connectivity index (χ2v) is 5.25. The van der Waals surface area contributed by atoms with Crippen LogP contribution in [0.15, 0.2) is 48.5 Å². The number of nitrogens with two attached hydrogens (primary N) is 2. The quantitative estimate of drug-likeness (QED) is 0.529. The summed E-state index contributed by atoms with van der Waals surface area (Å²) in [4.78, 5) is 0. The first kappa shape index (κ1) is 19.0. The predicted molar refractivity (Wildman–Crippen MR) is 98.4 cm³/mol. The highest BCUT2D eigenvalue weighted by atomic mass is 35.5. The van der Waals surface area contributed by atoms with E-state index in [1.54, 1.807) is 0 Å². The van der Waals surface area contributed by atoms with Crippen molar-refractivity contribution in [3.63, 3.8) is 0 Å². The van der Waals surface area contributed by atoms with Gasteiger partial charge in [0.1, 0.15) is 11.5 Å². The largest absolute Gasteiger partial charge is 0.494 e. The van der Waals surface area contributed by atoms with Crippen LogP contribution in [0.4, 0.5) is 11.4 Å². The molecule has 126 valence electrons. The fourth-order valence-electron chi connectivity index (χ4n) is 2.07. The molecule has 0 fully saturated rings. The molecule has 0 radical (unpaired) electrons. The Labute approximate surface area is 144 Å². The lowest BCUT2D eigenvalue weighted by atomic mass is 10.2. The van der Waals surface area contributed by atoms with Gasteiger partial charge in [0, 0.05) is 11.4 Å². The summed E-state index contributed by atoms with van der Waals surface area (Å²) < 4.78 is 11.3. The van der Waals surface area contributed by atoms with Crippen LogP contribution in [0.1, 0.15) is 25.7 Å². The van der Waals surface area contributed by atoms with Crippen LogP contribution in [0.5, 0.6) is 11.5 Å². The van der Waals surface area contributed by atoms with Crippen LogP contribution in [-0.2, 0) is 0 Å². The number of benzene rings is 2. The second-order valence-electron chi connectivity index (χ2n) is 5.25. The summed E-state index contributed by atoms with van der Waals surface area (Å²) in [7, 11) is 0. The van der Waals surface area contributed by atoms with Crippen molar-refractivity contribution in [3.05, 3.63) is 48.5 Å². The van der Waals surface area contributed by atoms with Crippen molar-refractivity contribution in [2.45, 2.75) is 25.7 Å². The van der Waals surface area contributed by atoms with Gasteiger partial charge in [0.25, 0.3) is 0 Å². The summed E-state index contributed by atoms with van der Waals surface area (Å²) in [5.41, 5.74) is 12.8. The van der Waals surface area contributed by atoms with E-state index in [2.05, 4.69) is 0 Å². The van der Waals surface area contributed by atoms with Crippen molar-refractivity contribution in [3.8, 4) is 11.5 Å². The van der Waals surface area contributed by atoms with E-state index >= 15 is 0 Å². The minimum absolute atomic E-state index is 0. The van der Waals surface area contributed by atoms with Crippen LogP contribution in [0.3, 0.4) is 0 Å². The predicted octanol–water partition coefficient (Wildman–Crippen LogP) is 4.29. The van der Waals surface area contributed by atoms with E-state index < -0.39 is 0 Å². The van der Waals surface area contributed by atoms with Gasteiger partial charge in [0.05, 0.1) is 13.2 Å². The third-order valence-corrected chi connectivity index (χ3v) is 3.34. The average Bonchev–Trinajstić information content (AvgIpc) is 2.53. The van der Waals surface area contributed by atoms with Gasteiger partial charge in [-0.2, -0.15) is 0 Å². The molecular formula is C18H25ClN2O2. The molecule has 0 heterocycles. The summed E-state index contributed by atoms with van der Waals surface area (Å²) >= 11 is 0. The first-order valence-electron chi connectivity index (χ1n) is 7.71. The molecule has 0 aliphatic carbocycles. The van der Waals surface area contributed by atoms with Crippen LogP contribution < -0.4 is 20.9 Å². The fraction of sp³-hybridized carbons (Fsp3) is 0.333. The van der Waals surface area contributed by atoms with E-state index in [0.29, 0.717) is 0 Å². The third kappa shape index (κ3) is 7.66. The molecule has 0 bridgehead atoms. The van der Waals surface area contributed by atoms with E-state index in [1.165, 1.54) is 0 Å². The van der Waals surface area contributed by atoms with Crippen LogP contribution in [0.2, 0.25) is 0 Å². The zero-order valence-electron chi connectivity index (χ0n) is 13.2. The topological polar surface area (TPSA) is 70.5 Å². The Morgan fingerprint density at radius 1 is 0.565 bits per heavy atom. The molecule has 0 saturated carbocycles. The summed E-state index contributed by atoms with van der Waals surface area (Å²) in [5, 5.41) is 0. The van der Waals surface area contributed by atoms with Crippen molar-refractivity contribution in [2.75, 3.05) is 24.7 Å². The average molecular weight is 337 g/mol. The maximum absolute atomic E-state index is 5.65. The molecule has 4 N–H and O–H groups in total. The minimum atomic E-state index is 0. The molecule has 0 amide bonds. The van der Waals surface area contributed by atoms with Gasteiger partial charge in [-0.05, 0) is 74.2 Å². The maximum atomic E-state index is 5.65. The van der Waals surface area contributed by atoms with Crippen molar-refractivity contribution in [1.82, 2.24) is 0 Å². The van der Waals surface area contributed by atoms with Gasteiger partial charge in [-0.3, -0.25) is 0 Å². The number of anilines is 2. The molecule has 0 aliphatic rings. The van der Waals surface area contributed by atoms with E-state index in [0.717, 1.165) is 61.8 Å². The van der Waals surface area contributed by atoms with Crippen LogP contribution in [-0.4, -0.2) is 13.2 Å². The Balaban J connectivity index is 0.00000264. The highest BCUT2D eigenvalue weighted by molar-refractivity contribution is 5.85. The Bertz CT molecular complexity index is 492. The van der Waals surface area contributed by atoms with Crippen molar-refractivity contribution >= 4 is 23.8 Å². The molecule has 5 heteroatoms. The van der Waals surface area contributed by atoms with Crippen molar-refractivity contribution in [1.29, 1.82) is 0 Å². The highest BCUT2D eigenvalue weighted by Crippen LogP contribution is 2.15. The third-order valence-electron chi connectivity index (χ3n) is 3.34. The molecule has 0 atom stereocenters. The molecule has 4 nitrogen and oxygen atoms in total. The first-order valence-corrected chi connectivity index (χ1v) is 7.71. The molecule has 23 heavy (non-hydrogen) atoms. The van der Waals surface area contributed by atoms with Crippen LogP contribution >= 0.6 is 12.4 Å². The zero-order chi connectivity index (χ0) is 15.6. The molecule has 0 aromatic heterocycles. The molecule has 2 aromatic carbocycles. The maximum Gasteiger partial charge on any atom is 0.119 e. The lowest BCUT2D eigenvalue weighted by Gasteiger charge is -2.07. The SMILES string of the molecule is Cl.Nc1ccc(OCCCCCCOc2ccc(N)cc2)cc1. The number of hydrogen-bond acceptors (Lipinski definition) is 4. The van der Waals surface area contributed by atoms with E-state index in [-0.39, 0.29) is 12.4 Å². The zero-order valence-corrected chi connectivity index (χ0v) is 14.1.